The molecule has 4 heteroatoms. The molecular weight excluding hydrogens is 255 g/mol. The van der Waals surface area contributed by atoms with Crippen molar-refractivity contribution in [1.29, 1.82) is 0 Å². The third-order valence-electron chi connectivity index (χ3n) is 3.31. The van der Waals surface area contributed by atoms with E-state index in [9.17, 15) is 0 Å². The lowest BCUT2D eigenvalue weighted by molar-refractivity contribution is 0.346. The molecule has 0 saturated carbocycles. The molecule has 17 heavy (non-hydrogen) atoms. The van der Waals surface area contributed by atoms with Crippen LogP contribution in [0, 0.1) is 0 Å². The number of methoxy groups -OCH3 is 2. The maximum Gasteiger partial charge on any atom is 0.164 e. The smallest absolute Gasteiger partial charge is 0.164 e. The highest BCUT2D eigenvalue weighted by Gasteiger charge is 2.32. The van der Waals surface area contributed by atoms with E-state index in [2.05, 4.69) is 19.9 Å². The van der Waals surface area contributed by atoms with Crippen molar-refractivity contribution in [1.82, 2.24) is 0 Å². The highest BCUT2D eigenvalue weighted by atomic mass is 35.7. The molecule has 0 radical (unpaired) electrons. The first kappa shape index (κ1) is 14.6. The van der Waals surface area contributed by atoms with Gasteiger partial charge in [-0.15, -0.1) is 0 Å². The Kier molecular flexibility index (Phi) is 5.55. The van der Waals surface area contributed by atoms with Crippen LogP contribution in [0.3, 0.4) is 0 Å². The van der Waals surface area contributed by atoms with Crippen molar-refractivity contribution < 1.29 is 9.47 Å². The van der Waals surface area contributed by atoms with Gasteiger partial charge >= 0.3 is 0 Å². The first-order chi connectivity index (χ1) is 8.18. The highest BCUT2D eigenvalue weighted by molar-refractivity contribution is 7.69. The average Bonchev–Trinajstić information content (AvgIpc) is 2.41. The molecule has 0 aliphatic heterocycles. The monoisotopic (exact) mass is 274 g/mol. The van der Waals surface area contributed by atoms with E-state index < -0.39 is 0 Å². The second kappa shape index (κ2) is 6.47. The molecule has 0 aromatic heterocycles. The van der Waals surface area contributed by atoms with Crippen LogP contribution >= 0.6 is 19.2 Å². The minimum Gasteiger partial charge on any atom is -0.493 e. The fraction of sp³-hybridized carbons (Fsp3) is 0.538. The summed E-state index contributed by atoms with van der Waals surface area (Å²) in [6.45, 7) is 4.33. The van der Waals surface area contributed by atoms with E-state index in [4.69, 9.17) is 20.7 Å². The van der Waals surface area contributed by atoms with Gasteiger partial charge in [0, 0.05) is 10.7 Å². The van der Waals surface area contributed by atoms with Crippen LogP contribution < -0.4 is 9.47 Å². The molecule has 0 saturated heterocycles. The maximum absolute atomic E-state index is 6.21. The summed E-state index contributed by atoms with van der Waals surface area (Å²) in [4.78, 5) is 0. The number of hydrogen-bond donors (Lipinski definition) is 0. The highest BCUT2D eigenvalue weighted by Crippen LogP contribution is 2.54. The zero-order valence-electron chi connectivity index (χ0n) is 10.8. The summed E-state index contributed by atoms with van der Waals surface area (Å²) in [7, 11) is 3.66. The van der Waals surface area contributed by atoms with Crippen molar-refractivity contribution in [3.05, 3.63) is 23.8 Å². The van der Waals surface area contributed by atoms with Crippen LogP contribution in [0.5, 0.6) is 11.5 Å². The second-order valence-corrected chi connectivity index (χ2v) is 5.64. The molecule has 1 unspecified atom stereocenters. The molecule has 1 atom stereocenters. The lowest BCUT2D eigenvalue weighted by atomic mass is 9.91. The number of ether oxygens (including phenoxy) is 2. The molecule has 0 aliphatic rings. The van der Waals surface area contributed by atoms with Crippen LogP contribution in [0.2, 0.25) is 0 Å². The zero-order chi connectivity index (χ0) is 12.9. The van der Waals surface area contributed by atoms with Gasteiger partial charge in [-0.3, -0.25) is 0 Å². The van der Waals surface area contributed by atoms with Gasteiger partial charge < -0.3 is 9.47 Å². The number of benzene rings is 1. The van der Waals surface area contributed by atoms with Crippen LogP contribution in [0.15, 0.2) is 18.2 Å². The third kappa shape index (κ3) is 2.69. The molecule has 1 aromatic carbocycles. The van der Waals surface area contributed by atoms with Crippen LogP contribution in [0.25, 0.3) is 0 Å². The molecule has 0 amide bonds. The molecule has 0 fully saturated rings. The van der Waals surface area contributed by atoms with E-state index in [1.807, 2.05) is 12.1 Å². The SMILES string of the molecule is CCC(CC)(PCl)c1cccc(OC)c1OC. The number of halogens is 1. The molecule has 0 heterocycles. The second-order valence-electron chi connectivity index (χ2n) is 3.92. The molecule has 0 bridgehead atoms. The number of hydrogen-bond acceptors (Lipinski definition) is 2. The summed E-state index contributed by atoms with van der Waals surface area (Å²) in [5.74, 6) is 1.58. The summed E-state index contributed by atoms with van der Waals surface area (Å²) in [6.07, 6.45) is 1.99. The van der Waals surface area contributed by atoms with Gasteiger partial charge in [0.15, 0.2) is 11.5 Å². The lowest BCUT2D eigenvalue weighted by Gasteiger charge is -2.31. The van der Waals surface area contributed by atoms with E-state index in [1.54, 1.807) is 14.2 Å². The van der Waals surface area contributed by atoms with Crippen LogP contribution in [-0.4, -0.2) is 14.2 Å². The maximum atomic E-state index is 6.21. The average molecular weight is 275 g/mol. The Morgan fingerprint density at radius 3 is 2.24 bits per heavy atom. The summed E-state index contributed by atoms with van der Waals surface area (Å²) in [5.41, 5.74) is 1.15. The van der Waals surface area contributed by atoms with Gasteiger partial charge in [-0.25, -0.2) is 0 Å². The topological polar surface area (TPSA) is 18.5 Å². The van der Waals surface area contributed by atoms with Gasteiger partial charge in [0.1, 0.15) is 0 Å². The van der Waals surface area contributed by atoms with Crippen molar-refractivity contribution in [3.63, 3.8) is 0 Å². The first-order valence-electron chi connectivity index (χ1n) is 5.78. The van der Waals surface area contributed by atoms with Gasteiger partial charge in [0.2, 0.25) is 0 Å². The molecule has 0 aliphatic carbocycles. The molecule has 0 spiro atoms. The lowest BCUT2D eigenvalue weighted by Crippen LogP contribution is -2.18. The van der Waals surface area contributed by atoms with Crippen LogP contribution in [0.1, 0.15) is 32.3 Å². The van der Waals surface area contributed by atoms with E-state index in [1.165, 1.54) is 0 Å². The fourth-order valence-corrected chi connectivity index (χ4v) is 3.75. The Bertz CT molecular complexity index is 356. The largest absolute Gasteiger partial charge is 0.493 e. The molecule has 2 nitrogen and oxygen atoms in total. The minimum absolute atomic E-state index is 0.0125. The van der Waals surface area contributed by atoms with Gasteiger partial charge in [-0.05, 0) is 26.8 Å². The Morgan fingerprint density at radius 1 is 1.18 bits per heavy atom. The summed E-state index contributed by atoms with van der Waals surface area (Å²) < 4.78 is 10.8. The Hall–Kier alpha value is -0.460. The molecule has 96 valence electrons. The Morgan fingerprint density at radius 2 is 1.82 bits per heavy atom. The van der Waals surface area contributed by atoms with Gasteiger partial charge in [-0.1, -0.05) is 37.2 Å². The molecule has 1 aromatic rings. The first-order valence-corrected chi connectivity index (χ1v) is 7.79. The number of para-hydroxylation sites is 1. The van der Waals surface area contributed by atoms with Crippen molar-refractivity contribution in [3.8, 4) is 11.5 Å². The van der Waals surface area contributed by atoms with E-state index >= 15 is 0 Å². The Balaban J connectivity index is 3.37. The zero-order valence-corrected chi connectivity index (χ0v) is 12.6. The summed E-state index contributed by atoms with van der Waals surface area (Å²) in [5, 5.41) is -0.0125. The van der Waals surface area contributed by atoms with Crippen LogP contribution in [-0.2, 0) is 5.16 Å². The van der Waals surface area contributed by atoms with E-state index in [-0.39, 0.29) is 5.16 Å². The number of rotatable bonds is 6. The van der Waals surface area contributed by atoms with Crippen molar-refractivity contribution in [2.24, 2.45) is 0 Å². The van der Waals surface area contributed by atoms with Gasteiger partial charge in [0.05, 0.1) is 14.2 Å². The van der Waals surface area contributed by atoms with Crippen molar-refractivity contribution >= 4 is 19.2 Å². The molecular formula is C13H20ClO2P. The Labute approximate surface area is 110 Å². The third-order valence-corrected chi connectivity index (χ3v) is 5.73. The summed E-state index contributed by atoms with van der Waals surface area (Å²) in [6, 6.07) is 5.99. The quantitative estimate of drug-likeness (QED) is 0.709. The predicted octanol–water partition coefficient (Wildman–Crippen LogP) is 4.55. The van der Waals surface area contributed by atoms with Crippen molar-refractivity contribution in [2.75, 3.05) is 14.2 Å². The summed E-state index contributed by atoms with van der Waals surface area (Å²) >= 11 is 6.21. The standard InChI is InChI=1S/C13H20ClO2P/c1-5-13(6-2,17-14)10-8-7-9-11(15-3)12(10)16-4/h7-9,17H,5-6H2,1-4H3. The van der Waals surface area contributed by atoms with Crippen molar-refractivity contribution in [2.45, 2.75) is 31.8 Å². The normalized spacial score (nSPS) is 12.1. The minimum atomic E-state index is -0.0125. The predicted molar refractivity (Wildman–Crippen MR) is 76.0 cm³/mol. The van der Waals surface area contributed by atoms with E-state index in [0.717, 1.165) is 29.9 Å². The molecule has 1 rings (SSSR count). The van der Waals surface area contributed by atoms with Gasteiger partial charge in [-0.2, -0.15) is 0 Å². The van der Waals surface area contributed by atoms with Crippen LogP contribution in [0.4, 0.5) is 0 Å². The van der Waals surface area contributed by atoms with Gasteiger partial charge in [0.25, 0.3) is 0 Å². The fourth-order valence-electron chi connectivity index (χ4n) is 2.08. The molecule has 0 N–H and O–H groups in total. The van der Waals surface area contributed by atoms with E-state index in [0.29, 0.717) is 7.93 Å².